The van der Waals surface area contributed by atoms with E-state index in [0.29, 0.717) is 18.2 Å². The van der Waals surface area contributed by atoms with Crippen molar-refractivity contribution in [2.24, 2.45) is 0 Å². The molecule has 2 aromatic rings. The van der Waals surface area contributed by atoms with Crippen molar-refractivity contribution in [3.05, 3.63) is 48.0 Å². The second-order valence-corrected chi connectivity index (χ2v) is 4.47. The van der Waals surface area contributed by atoms with Crippen molar-refractivity contribution in [1.29, 1.82) is 0 Å². The number of carbonyl (C=O) groups is 1. The Hall–Kier alpha value is -2.17. The first kappa shape index (κ1) is 11.0. The monoisotopic (exact) mass is 242 g/mol. The zero-order valence-electron chi connectivity index (χ0n) is 9.91. The maximum absolute atomic E-state index is 12.3. The molecule has 1 N–H and O–H groups in total. The molecular weight excluding hydrogens is 228 g/mol. The van der Waals surface area contributed by atoms with Gasteiger partial charge in [0.05, 0.1) is 24.0 Å². The Bertz CT molecular complexity index is 519. The van der Waals surface area contributed by atoms with Crippen molar-refractivity contribution >= 4 is 5.91 Å². The van der Waals surface area contributed by atoms with Crippen molar-refractivity contribution < 1.29 is 4.79 Å². The number of pyridine rings is 1. The maximum atomic E-state index is 12.3. The normalized spacial score (nSPS) is 14.4. The molecule has 18 heavy (non-hydrogen) atoms. The van der Waals surface area contributed by atoms with Crippen LogP contribution >= 0.6 is 0 Å². The largest absolute Gasteiger partial charge is 0.330 e. The summed E-state index contributed by atoms with van der Waals surface area (Å²) in [5.41, 5.74) is 1.53. The van der Waals surface area contributed by atoms with Crippen molar-refractivity contribution in [3.8, 4) is 0 Å². The number of amides is 1. The zero-order chi connectivity index (χ0) is 12.4. The van der Waals surface area contributed by atoms with Crippen molar-refractivity contribution in [2.75, 3.05) is 0 Å². The van der Waals surface area contributed by atoms with E-state index in [9.17, 15) is 4.79 Å². The van der Waals surface area contributed by atoms with E-state index >= 15 is 0 Å². The molecule has 0 saturated heterocycles. The summed E-state index contributed by atoms with van der Waals surface area (Å²) in [6.45, 7) is 0.565. The quantitative estimate of drug-likeness (QED) is 0.886. The van der Waals surface area contributed by atoms with Gasteiger partial charge in [-0.1, -0.05) is 6.07 Å². The van der Waals surface area contributed by atoms with Gasteiger partial charge in [0.2, 0.25) is 0 Å². The molecule has 0 unspecified atom stereocenters. The van der Waals surface area contributed by atoms with Gasteiger partial charge in [-0.2, -0.15) is 5.10 Å². The van der Waals surface area contributed by atoms with Crippen LogP contribution < -0.4 is 0 Å². The average Bonchev–Trinajstić information content (AvgIpc) is 3.10. The molecule has 3 rings (SSSR count). The van der Waals surface area contributed by atoms with Crippen LogP contribution in [-0.2, 0) is 6.54 Å². The van der Waals surface area contributed by atoms with E-state index in [-0.39, 0.29) is 5.91 Å². The molecule has 1 fully saturated rings. The summed E-state index contributed by atoms with van der Waals surface area (Å²) in [7, 11) is 0. The molecule has 0 aromatic carbocycles. The maximum Gasteiger partial charge on any atom is 0.257 e. The van der Waals surface area contributed by atoms with Crippen molar-refractivity contribution in [2.45, 2.75) is 25.4 Å². The molecule has 92 valence electrons. The fourth-order valence-corrected chi connectivity index (χ4v) is 1.95. The highest BCUT2D eigenvalue weighted by molar-refractivity contribution is 5.94. The first-order valence-corrected chi connectivity index (χ1v) is 6.04. The van der Waals surface area contributed by atoms with E-state index in [4.69, 9.17) is 0 Å². The molecule has 0 aliphatic heterocycles. The van der Waals surface area contributed by atoms with Crippen LogP contribution in [-0.4, -0.2) is 32.0 Å². The Morgan fingerprint density at radius 2 is 2.33 bits per heavy atom. The topological polar surface area (TPSA) is 61.9 Å². The van der Waals surface area contributed by atoms with Crippen molar-refractivity contribution in [3.63, 3.8) is 0 Å². The summed E-state index contributed by atoms with van der Waals surface area (Å²) >= 11 is 0. The number of hydrogen-bond acceptors (Lipinski definition) is 3. The van der Waals surface area contributed by atoms with Gasteiger partial charge in [-0.3, -0.25) is 14.9 Å². The van der Waals surface area contributed by atoms with E-state index in [1.54, 1.807) is 18.6 Å². The molecule has 5 nitrogen and oxygen atoms in total. The van der Waals surface area contributed by atoms with Crippen LogP contribution in [0.1, 0.15) is 28.9 Å². The smallest absolute Gasteiger partial charge is 0.257 e. The predicted molar refractivity (Wildman–Crippen MR) is 65.7 cm³/mol. The fraction of sp³-hybridized carbons (Fsp3) is 0.308. The summed E-state index contributed by atoms with van der Waals surface area (Å²) in [6.07, 6.45) is 7.11. The van der Waals surface area contributed by atoms with E-state index in [1.165, 1.54) is 0 Å². The van der Waals surface area contributed by atoms with Crippen LogP contribution in [0.25, 0.3) is 0 Å². The van der Waals surface area contributed by atoms with Gasteiger partial charge in [-0.15, -0.1) is 0 Å². The number of nitrogens with one attached hydrogen (secondary N) is 1. The van der Waals surface area contributed by atoms with Gasteiger partial charge in [0, 0.05) is 18.4 Å². The van der Waals surface area contributed by atoms with Crippen LogP contribution in [0.4, 0.5) is 0 Å². The Kier molecular flexibility index (Phi) is 2.80. The summed E-state index contributed by atoms with van der Waals surface area (Å²) in [5.74, 6) is 0.0249. The van der Waals surface area contributed by atoms with Crippen LogP contribution in [0, 0.1) is 0 Å². The molecule has 5 heteroatoms. The Morgan fingerprint density at radius 3 is 2.94 bits per heavy atom. The third kappa shape index (κ3) is 2.25. The number of H-pyrrole nitrogens is 1. The lowest BCUT2D eigenvalue weighted by atomic mass is 10.2. The van der Waals surface area contributed by atoms with E-state index in [2.05, 4.69) is 15.2 Å². The number of nitrogens with zero attached hydrogens (tertiary/aromatic N) is 3. The zero-order valence-corrected chi connectivity index (χ0v) is 9.91. The molecule has 0 spiro atoms. The first-order chi connectivity index (χ1) is 8.84. The predicted octanol–water partition coefficient (Wildman–Crippen LogP) is 1.61. The molecule has 2 aromatic heterocycles. The van der Waals surface area contributed by atoms with Gasteiger partial charge in [0.1, 0.15) is 0 Å². The summed E-state index contributed by atoms with van der Waals surface area (Å²) in [4.78, 5) is 18.5. The Balaban J connectivity index is 1.79. The summed E-state index contributed by atoms with van der Waals surface area (Å²) in [5, 5.41) is 6.50. The summed E-state index contributed by atoms with van der Waals surface area (Å²) in [6, 6.07) is 6.12. The lowest BCUT2D eigenvalue weighted by Gasteiger charge is -2.21. The number of aromatic nitrogens is 3. The highest BCUT2D eigenvalue weighted by atomic mass is 16.2. The second-order valence-electron chi connectivity index (χ2n) is 4.47. The summed E-state index contributed by atoms with van der Waals surface area (Å²) < 4.78 is 0. The molecule has 0 radical (unpaired) electrons. The second kappa shape index (κ2) is 4.60. The Labute approximate surface area is 105 Å². The standard InChI is InChI=1S/C13H14N4O/c18-13(10-7-15-16-8-10)17(12-4-5-12)9-11-3-1-2-6-14-11/h1-3,6-8,12H,4-5,9H2,(H,15,16). The van der Waals surface area contributed by atoms with Gasteiger partial charge in [-0.05, 0) is 25.0 Å². The van der Waals surface area contributed by atoms with Crippen molar-refractivity contribution in [1.82, 2.24) is 20.1 Å². The molecule has 1 aliphatic carbocycles. The lowest BCUT2D eigenvalue weighted by molar-refractivity contribution is 0.0728. The molecular formula is C13H14N4O. The van der Waals surface area contributed by atoms with E-state index in [0.717, 1.165) is 18.5 Å². The highest BCUT2D eigenvalue weighted by Gasteiger charge is 2.33. The minimum atomic E-state index is 0.0249. The number of hydrogen-bond donors (Lipinski definition) is 1. The van der Waals surface area contributed by atoms with Gasteiger partial charge in [-0.25, -0.2) is 0 Å². The van der Waals surface area contributed by atoms with Crippen LogP contribution in [0.5, 0.6) is 0 Å². The minimum Gasteiger partial charge on any atom is -0.330 e. The van der Waals surface area contributed by atoms with Crippen LogP contribution in [0.15, 0.2) is 36.8 Å². The molecule has 2 heterocycles. The van der Waals surface area contributed by atoms with Gasteiger partial charge < -0.3 is 4.90 Å². The molecule has 0 bridgehead atoms. The van der Waals surface area contributed by atoms with E-state index in [1.807, 2.05) is 23.1 Å². The van der Waals surface area contributed by atoms with Crippen LogP contribution in [0.3, 0.4) is 0 Å². The highest BCUT2D eigenvalue weighted by Crippen LogP contribution is 2.29. The molecule has 0 atom stereocenters. The van der Waals surface area contributed by atoms with E-state index < -0.39 is 0 Å². The average molecular weight is 242 g/mol. The molecule has 1 saturated carbocycles. The lowest BCUT2D eigenvalue weighted by Crippen LogP contribution is -2.32. The number of aromatic amines is 1. The van der Waals surface area contributed by atoms with Gasteiger partial charge in [0.15, 0.2) is 0 Å². The third-order valence-corrected chi connectivity index (χ3v) is 3.05. The molecule has 1 aliphatic rings. The van der Waals surface area contributed by atoms with Gasteiger partial charge >= 0.3 is 0 Å². The SMILES string of the molecule is O=C(c1cn[nH]c1)N(Cc1ccccn1)C1CC1. The van der Waals surface area contributed by atoms with Crippen LogP contribution in [0.2, 0.25) is 0 Å². The first-order valence-electron chi connectivity index (χ1n) is 6.04. The minimum absolute atomic E-state index is 0.0249. The molecule has 1 amide bonds. The Morgan fingerprint density at radius 1 is 1.44 bits per heavy atom. The van der Waals surface area contributed by atoms with Gasteiger partial charge in [0.25, 0.3) is 5.91 Å². The third-order valence-electron chi connectivity index (χ3n) is 3.05. The number of carbonyl (C=O) groups excluding carboxylic acids is 1. The number of rotatable bonds is 4. The fourth-order valence-electron chi connectivity index (χ4n) is 1.95.